The minimum Gasteiger partial charge on any atom is -0.299 e. The molecule has 0 atom stereocenters. The molecule has 0 aliphatic rings. The third-order valence-electron chi connectivity index (χ3n) is 2.64. The normalized spacial score (nSPS) is 10.3. The van der Waals surface area contributed by atoms with Crippen molar-refractivity contribution in [2.24, 2.45) is 0 Å². The minimum atomic E-state index is -0.334. The lowest BCUT2D eigenvalue weighted by Gasteiger charge is -2.04. The lowest BCUT2D eigenvalue weighted by Crippen LogP contribution is -2.07. The zero-order valence-electron chi connectivity index (χ0n) is 9.70. The lowest BCUT2D eigenvalue weighted by atomic mass is 10.0. The molecule has 2 rings (SSSR count). The fourth-order valence-corrected chi connectivity index (χ4v) is 2.19. The molecule has 0 N–H and O–H groups in total. The maximum atomic E-state index is 13.5. The summed E-state index contributed by atoms with van der Waals surface area (Å²) in [6.45, 7) is 0. The van der Waals surface area contributed by atoms with Gasteiger partial charge < -0.3 is 0 Å². The molecule has 0 unspecified atom stereocenters. The van der Waals surface area contributed by atoms with Gasteiger partial charge in [-0.15, -0.1) is 0 Å². The topological polar surface area (TPSA) is 17.1 Å². The lowest BCUT2D eigenvalue weighted by molar-refractivity contribution is -0.117. The number of carbonyl (C=O) groups is 1. The summed E-state index contributed by atoms with van der Waals surface area (Å²) in [7, 11) is 0. The molecular weight excluding hydrogens is 295 g/mol. The van der Waals surface area contributed by atoms with E-state index in [0.29, 0.717) is 12.0 Å². The van der Waals surface area contributed by atoms with Gasteiger partial charge in [-0.05, 0) is 29.3 Å². The molecule has 0 spiro atoms. The first-order chi connectivity index (χ1) is 8.65. The molecule has 0 aromatic heterocycles. The molecule has 0 amide bonds. The number of hydrogen-bond donors (Lipinski definition) is 0. The molecule has 0 radical (unpaired) electrons. The molecule has 2 aromatic carbocycles. The van der Waals surface area contributed by atoms with Crippen LogP contribution in [0.25, 0.3) is 0 Å². The number of rotatable bonds is 4. The Kier molecular flexibility index (Phi) is 4.26. The first kappa shape index (κ1) is 13.0. The predicted octanol–water partition coefficient (Wildman–Crippen LogP) is 3.94. The van der Waals surface area contributed by atoms with Gasteiger partial charge in [-0.1, -0.05) is 46.3 Å². The molecule has 0 fully saturated rings. The Balaban J connectivity index is 2.05. The average molecular weight is 307 g/mol. The van der Waals surface area contributed by atoms with Gasteiger partial charge in [0.25, 0.3) is 0 Å². The number of benzene rings is 2. The van der Waals surface area contributed by atoms with Crippen molar-refractivity contribution >= 4 is 21.7 Å². The zero-order chi connectivity index (χ0) is 13.0. The summed E-state index contributed by atoms with van der Waals surface area (Å²) in [5, 5.41) is 0. The number of carbonyl (C=O) groups excluding carboxylic acids is 1. The smallest absolute Gasteiger partial charge is 0.141 e. The number of Topliss-reactive ketones (excluding diaryl/α,β-unsaturated/α-hetero) is 1. The monoisotopic (exact) mass is 306 g/mol. The summed E-state index contributed by atoms with van der Waals surface area (Å²) in [6.07, 6.45) is 0.465. The maximum absolute atomic E-state index is 13.5. The Morgan fingerprint density at radius 3 is 2.50 bits per heavy atom. The maximum Gasteiger partial charge on any atom is 0.141 e. The van der Waals surface area contributed by atoms with E-state index in [-0.39, 0.29) is 18.0 Å². The molecule has 0 saturated carbocycles. The molecule has 0 aliphatic carbocycles. The highest BCUT2D eigenvalue weighted by molar-refractivity contribution is 9.10. The van der Waals surface area contributed by atoms with Crippen molar-refractivity contribution in [2.75, 3.05) is 0 Å². The van der Waals surface area contributed by atoms with Crippen molar-refractivity contribution in [1.82, 2.24) is 0 Å². The Bertz CT molecular complexity index is 552. The van der Waals surface area contributed by atoms with Crippen LogP contribution in [0.15, 0.2) is 53.0 Å². The van der Waals surface area contributed by atoms with Crippen molar-refractivity contribution in [3.63, 3.8) is 0 Å². The van der Waals surface area contributed by atoms with Gasteiger partial charge in [0.2, 0.25) is 0 Å². The van der Waals surface area contributed by atoms with Crippen LogP contribution in [0.1, 0.15) is 11.1 Å². The SMILES string of the molecule is O=C(Cc1ccccc1)Cc1cc(Br)ccc1F. The largest absolute Gasteiger partial charge is 0.299 e. The molecule has 0 heterocycles. The van der Waals surface area contributed by atoms with E-state index in [4.69, 9.17) is 0 Å². The quantitative estimate of drug-likeness (QED) is 0.836. The predicted molar refractivity (Wildman–Crippen MR) is 73.0 cm³/mol. The number of halogens is 2. The average Bonchev–Trinajstić information content (AvgIpc) is 2.35. The Hall–Kier alpha value is -1.48. The molecule has 2 aromatic rings. The van der Waals surface area contributed by atoms with Gasteiger partial charge in [-0.25, -0.2) is 4.39 Å². The fraction of sp³-hybridized carbons (Fsp3) is 0.133. The molecule has 0 bridgehead atoms. The van der Waals surface area contributed by atoms with E-state index in [0.717, 1.165) is 10.0 Å². The molecule has 3 heteroatoms. The van der Waals surface area contributed by atoms with Gasteiger partial charge in [-0.2, -0.15) is 0 Å². The van der Waals surface area contributed by atoms with Gasteiger partial charge in [0.05, 0.1) is 0 Å². The second-order valence-electron chi connectivity index (χ2n) is 4.11. The van der Waals surface area contributed by atoms with E-state index in [1.807, 2.05) is 30.3 Å². The van der Waals surface area contributed by atoms with Crippen molar-refractivity contribution < 1.29 is 9.18 Å². The van der Waals surface area contributed by atoms with Crippen LogP contribution in [-0.2, 0) is 17.6 Å². The molecule has 18 heavy (non-hydrogen) atoms. The summed E-state index contributed by atoms with van der Waals surface area (Å²) >= 11 is 3.28. The highest BCUT2D eigenvalue weighted by atomic mass is 79.9. The number of ketones is 1. The van der Waals surface area contributed by atoms with Gasteiger partial charge in [0.1, 0.15) is 11.6 Å². The van der Waals surface area contributed by atoms with Crippen molar-refractivity contribution in [2.45, 2.75) is 12.8 Å². The molecular formula is C15H12BrFO. The van der Waals surface area contributed by atoms with E-state index < -0.39 is 0 Å². The second kappa shape index (κ2) is 5.91. The van der Waals surface area contributed by atoms with Crippen LogP contribution in [0, 0.1) is 5.82 Å². The van der Waals surface area contributed by atoms with Crippen molar-refractivity contribution in [3.05, 3.63) is 69.9 Å². The summed E-state index contributed by atoms with van der Waals surface area (Å²) in [6, 6.07) is 14.1. The van der Waals surface area contributed by atoms with Crippen molar-refractivity contribution in [1.29, 1.82) is 0 Å². The van der Waals surface area contributed by atoms with E-state index in [1.54, 1.807) is 12.1 Å². The summed E-state index contributed by atoms with van der Waals surface area (Å²) in [4.78, 5) is 11.9. The highest BCUT2D eigenvalue weighted by Crippen LogP contribution is 2.16. The first-order valence-corrected chi connectivity index (χ1v) is 6.44. The molecule has 0 aliphatic heterocycles. The van der Waals surface area contributed by atoms with Crippen LogP contribution in [0.3, 0.4) is 0 Å². The van der Waals surface area contributed by atoms with Gasteiger partial charge in [-0.3, -0.25) is 4.79 Å². The van der Waals surface area contributed by atoms with Gasteiger partial charge in [0, 0.05) is 17.3 Å². The van der Waals surface area contributed by atoms with Crippen LogP contribution in [-0.4, -0.2) is 5.78 Å². The van der Waals surface area contributed by atoms with Crippen LogP contribution in [0.4, 0.5) is 4.39 Å². The summed E-state index contributed by atoms with van der Waals surface area (Å²) in [5.74, 6) is -0.321. The molecule has 0 saturated heterocycles. The van der Waals surface area contributed by atoms with Crippen LogP contribution >= 0.6 is 15.9 Å². The molecule has 92 valence electrons. The Morgan fingerprint density at radius 2 is 1.78 bits per heavy atom. The van der Waals surface area contributed by atoms with E-state index in [2.05, 4.69) is 15.9 Å². The number of hydrogen-bond acceptors (Lipinski definition) is 1. The van der Waals surface area contributed by atoms with Crippen LogP contribution in [0.2, 0.25) is 0 Å². The Morgan fingerprint density at radius 1 is 1.06 bits per heavy atom. The first-order valence-electron chi connectivity index (χ1n) is 5.65. The van der Waals surface area contributed by atoms with Gasteiger partial charge in [0.15, 0.2) is 0 Å². The highest BCUT2D eigenvalue weighted by Gasteiger charge is 2.09. The fourth-order valence-electron chi connectivity index (χ4n) is 1.78. The zero-order valence-corrected chi connectivity index (χ0v) is 11.3. The molecule has 1 nitrogen and oxygen atoms in total. The van der Waals surface area contributed by atoms with E-state index in [1.165, 1.54) is 6.07 Å². The third-order valence-corrected chi connectivity index (χ3v) is 3.13. The van der Waals surface area contributed by atoms with Crippen LogP contribution in [0.5, 0.6) is 0 Å². The van der Waals surface area contributed by atoms with Gasteiger partial charge >= 0.3 is 0 Å². The van der Waals surface area contributed by atoms with E-state index in [9.17, 15) is 9.18 Å². The second-order valence-corrected chi connectivity index (χ2v) is 5.03. The Labute approximate surface area is 114 Å². The standard InChI is InChI=1S/C15H12BrFO/c16-13-6-7-15(17)12(9-13)10-14(18)8-11-4-2-1-3-5-11/h1-7,9H,8,10H2. The third kappa shape index (κ3) is 3.50. The van der Waals surface area contributed by atoms with E-state index >= 15 is 0 Å². The minimum absolute atomic E-state index is 0.0122. The van der Waals surface area contributed by atoms with Crippen molar-refractivity contribution in [3.8, 4) is 0 Å². The van der Waals surface area contributed by atoms with Crippen LogP contribution < -0.4 is 0 Å². The summed E-state index contributed by atoms with van der Waals surface area (Å²) < 4.78 is 14.3. The summed E-state index contributed by atoms with van der Waals surface area (Å²) in [5.41, 5.74) is 1.39.